The highest BCUT2D eigenvalue weighted by molar-refractivity contribution is 5.92. The third kappa shape index (κ3) is 2.35. The lowest BCUT2D eigenvalue weighted by atomic mass is 10.2. The normalized spacial score (nSPS) is 10.5. The van der Waals surface area contributed by atoms with Crippen molar-refractivity contribution < 1.29 is 4.79 Å². The molecule has 0 aliphatic heterocycles. The van der Waals surface area contributed by atoms with Crippen LogP contribution in [0.4, 0.5) is 0 Å². The minimum atomic E-state index is -0.172. The Hall–Kier alpha value is -2.11. The Labute approximate surface area is 99.2 Å². The molecule has 1 amide bonds. The number of carbonyl (C=O) groups is 1. The third-order valence-corrected chi connectivity index (χ3v) is 2.72. The van der Waals surface area contributed by atoms with Gasteiger partial charge < -0.3 is 5.32 Å². The van der Waals surface area contributed by atoms with E-state index in [4.69, 9.17) is 0 Å². The Bertz CT molecular complexity index is 540. The van der Waals surface area contributed by atoms with Gasteiger partial charge in [0, 0.05) is 38.1 Å². The van der Waals surface area contributed by atoms with Crippen LogP contribution in [0.1, 0.15) is 21.7 Å². The fourth-order valence-corrected chi connectivity index (χ4v) is 1.52. The van der Waals surface area contributed by atoms with Crippen molar-refractivity contribution in [3.63, 3.8) is 0 Å². The summed E-state index contributed by atoms with van der Waals surface area (Å²) in [5, 5.41) is 11.0. The number of carbonyl (C=O) groups excluding carboxylic acids is 1. The molecular formula is C11H15N5O. The van der Waals surface area contributed by atoms with Crippen LogP contribution >= 0.6 is 0 Å². The standard InChI is InChI=1S/C11H15N5O/c1-8-9(7-13-16(8)3)6-12-11(17)10-4-5-15(2)14-10/h4-5,7H,6H2,1-3H3,(H,12,17). The van der Waals surface area contributed by atoms with Crippen LogP contribution in [-0.2, 0) is 20.6 Å². The van der Waals surface area contributed by atoms with Crippen molar-refractivity contribution in [2.75, 3.05) is 0 Å². The third-order valence-electron chi connectivity index (χ3n) is 2.72. The molecule has 2 heterocycles. The fraction of sp³-hybridized carbons (Fsp3) is 0.364. The number of rotatable bonds is 3. The second-order valence-corrected chi connectivity index (χ2v) is 3.94. The number of amides is 1. The molecule has 0 unspecified atom stereocenters. The van der Waals surface area contributed by atoms with Crippen molar-refractivity contribution in [3.05, 3.63) is 35.4 Å². The summed E-state index contributed by atoms with van der Waals surface area (Å²) in [5.74, 6) is -0.172. The molecule has 1 N–H and O–H groups in total. The highest BCUT2D eigenvalue weighted by atomic mass is 16.1. The summed E-state index contributed by atoms with van der Waals surface area (Å²) in [4.78, 5) is 11.7. The summed E-state index contributed by atoms with van der Waals surface area (Å²) in [7, 11) is 3.65. The van der Waals surface area contributed by atoms with Crippen LogP contribution in [0, 0.1) is 6.92 Å². The number of hydrogen-bond acceptors (Lipinski definition) is 3. The van der Waals surface area contributed by atoms with E-state index in [1.165, 1.54) is 0 Å². The molecule has 0 aliphatic carbocycles. The first-order valence-electron chi connectivity index (χ1n) is 5.33. The summed E-state index contributed by atoms with van der Waals surface area (Å²) in [6.07, 6.45) is 3.50. The van der Waals surface area contributed by atoms with Gasteiger partial charge in [0.25, 0.3) is 5.91 Å². The Morgan fingerprint density at radius 3 is 2.76 bits per heavy atom. The van der Waals surface area contributed by atoms with E-state index < -0.39 is 0 Å². The summed E-state index contributed by atoms with van der Waals surface area (Å²) in [6, 6.07) is 1.69. The van der Waals surface area contributed by atoms with Crippen LogP contribution in [0.15, 0.2) is 18.5 Å². The van der Waals surface area contributed by atoms with Crippen molar-refractivity contribution in [2.24, 2.45) is 14.1 Å². The second kappa shape index (κ2) is 4.40. The van der Waals surface area contributed by atoms with Crippen LogP contribution in [0.3, 0.4) is 0 Å². The van der Waals surface area contributed by atoms with Gasteiger partial charge in [-0.1, -0.05) is 0 Å². The molecule has 17 heavy (non-hydrogen) atoms. The number of hydrogen-bond donors (Lipinski definition) is 1. The van der Waals surface area contributed by atoms with Crippen LogP contribution in [0.5, 0.6) is 0 Å². The van der Waals surface area contributed by atoms with Gasteiger partial charge in [-0.15, -0.1) is 0 Å². The number of aromatic nitrogens is 4. The van der Waals surface area contributed by atoms with Gasteiger partial charge in [0.05, 0.1) is 6.20 Å². The summed E-state index contributed by atoms with van der Waals surface area (Å²) in [6.45, 7) is 2.43. The molecule has 0 bridgehead atoms. The van der Waals surface area contributed by atoms with Gasteiger partial charge in [-0.3, -0.25) is 14.2 Å². The van der Waals surface area contributed by atoms with Crippen LogP contribution in [0.2, 0.25) is 0 Å². The summed E-state index contributed by atoms with van der Waals surface area (Å²) in [5.41, 5.74) is 2.48. The van der Waals surface area contributed by atoms with Crippen LogP contribution in [0.25, 0.3) is 0 Å². The van der Waals surface area contributed by atoms with Gasteiger partial charge in [0.15, 0.2) is 0 Å². The molecule has 2 rings (SSSR count). The van der Waals surface area contributed by atoms with Gasteiger partial charge in [-0.05, 0) is 13.0 Å². The molecule has 2 aromatic rings. The van der Waals surface area contributed by atoms with Crippen molar-refractivity contribution in [2.45, 2.75) is 13.5 Å². The topological polar surface area (TPSA) is 64.7 Å². The maximum absolute atomic E-state index is 11.7. The van der Waals surface area contributed by atoms with Crippen LogP contribution in [-0.4, -0.2) is 25.5 Å². The van der Waals surface area contributed by atoms with Gasteiger partial charge in [-0.25, -0.2) is 0 Å². The molecule has 0 spiro atoms. The van der Waals surface area contributed by atoms with Gasteiger partial charge in [-0.2, -0.15) is 10.2 Å². The van der Waals surface area contributed by atoms with E-state index in [2.05, 4.69) is 15.5 Å². The lowest BCUT2D eigenvalue weighted by Crippen LogP contribution is -2.23. The van der Waals surface area contributed by atoms with Crippen molar-refractivity contribution in [3.8, 4) is 0 Å². The second-order valence-electron chi connectivity index (χ2n) is 3.94. The maximum Gasteiger partial charge on any atom is 0.272 e. The fourth-order valence-electron chi connectivity index (χ4n) is 1.52. The average Bonchev–Trinajstić information content (AvgIpc) is 2.86. The molecule has 0 aromatic carbocycles. The molecule has 2 aromatic heterocycles. The smallest absolute Gasteiger partial charge is 0.272 e. The Morgan fingerprint density at radius 2 is 2.24 bits per heavy atom. The van der Waals surface area contributed by atoms with Gasteiger partial charge in [0.2, 0.25) is 0 Å². The minimum Gasteiger partial charge on any atom is -0.346 e. The lowest BCUT2D eigenvalue weighted by molar-refractivity contribution is 0.0945. The Morgan fingerprint density at radius 1 is 1.47 bits per heavy atom. The molecule has 0 aliphatic rings. The number of nitrogens with zero attached hydrogens (tertiary/aromatic N) is 4. The predicted octanol–water partition coefficient (Wildman–Crippen LogP) is 0.392. The van der Waals surface area contributed by atoms with E-state index in [9.17, 15) is 4.79 Å². The first-order valence-corrected chi connectivity index (χ1v) is 5.33. The quantitative estimate of drug-likeness (QED) is 0.834. The van der Waals surface area contributed by atoms with E-state index >= 15 is 0 Å². The van der Waals surface area contributed by atoms with Crippen molar-refractivity contribution in [1.82, 2.24) is 24.9 Å². The molecule has 6 heteroatoms. The Balaban J connectivity index is 1.99. The first-order chi connectivity index (χ1) is 8.08. The molecule has 0 saturated heterocycles. The molecular weight excluding hydrogens is 218 g/mol. The molecule has 0 atom stereocenters. The van der Waals surface area contributed by atoms with E-state index in [0.717, 1.165) is 11.3 Å². The number of nitrogens with one attached hydrogen (secondary N) is 1. The number of aryl methyl sites for hydroxylation is 2. The van der Waals surface area contributed by atoms with Crippen molar-refractivity contribution >= 4 is 5.91 Å². The van der Waals surface area contributed by atoms with E-state index in [-0.39, 0.29) is 5.91 Å². The monoisotopic (exact) mass is 233 g/mol. The van der Waals surface area contributed by atoms with E-state index in [1.54, 1.807) is 34.9 Å². The Kier molecular flexibility index (Phi) is 2.95. The molecule has 6 nitrogen and oxygen atoms in total. The molecule has 90 valence electrons. The largest absolute Gasteiger partial charge is 0.346 e. The zero-order chi connectivity index (χ0) is 12.4. The van der Waals surface area contributed by atoms with Crippen molar-refractivity contribution in [1.29, 1.82) is 0 Å². The highest BCUT2D eigenvalue weighted by Gasteiger charge is 2.10. The SMILES string of the molecule is Cc1c(CNC(=O)c2ccn(C)n2)cnn1C. The zero-order valence-electron chi connectivity index (χ0n) is 10.1. The van der Waals surface area contributed by atoms with E-state index in [1.807, 2.05) is 14.0 Å². The van der Waals surface area contributed by atoms with E-state index in [0.29, 0.717) is 12.2 Å². The lowest BCUT2D eigenvalue weighted by Gasteiger charge is -2.02. The predicted molar refractivity (Wildman–Crippen MR) is 62.3 cm³/mol. The van der Waals surface area contributed by atoms with Gasteiger partial charge >= 0.3 is 0 Å². The summed E-state index contributed by atoms with van der Waals surface area (Å²) < 4.78 is 3.38. The highest BCUT2D eigenvalue weighted by Crippen LogP contribution is 2.05. The molecule has 0 fully saturated rings. The maximum atomic E-state index is 11.7. The average molecular weight is 233 g/mol. The zero-order valence-corrected chi connectivity index (χ0v) is 10.1. The molecule has 0 saturated carbocycles. The first kappa shape index (κ1) is 11.4. The van der Waals surface area contributed by atoms with Gasteiger partial charge in [0.1, 0.15) is 5.69 Å². The van der Waals surface area contributed by atoms with Crippen LogP contribution < -0.4 is 5.32 Å². The minimum absolute atomic E-state index is 0.172. The molecule has 0 radical (unpaired) electrons. The summed E-state index contributed by atoms with van der Waals surface area (Å²) >= 11 is 0.